The second-order valence-electron chi connectivity index (χ2n) is 8.18. The fraction of sp³-hybridized carbons (Fsp3) is 0.308. The molecule has 1 aliphatic carbocycles. The fourth-order valence-electron chi connectivity index (χ4n) is 4.41. The molecule has 0 heterocycles. The third-order valence-corrected chi connectivity index (χ3v) is 7.07. The number of alkyl halides is 2. The van der Waals surface area contributed by atoms with Gasteiger partial charge in [-0.15, -0.1) is 0 Å². The molecule has 0 aliphatic heterocycles. The predicted molar refractivity (Wildman–Crippen MR) is 128 cm³/mol. The summed E-state index contributed by atoms with van der Waals surface area (Å²) in [6.45, 7) is 1.50. The van der Waals surface area contributed by atoms with Crippen LogP contribution in [-0.2, 0) is 5.41 Å². The summed E-state index contributed by atoms with van der Waals surface area (Å²) in [6.07, 6.45) is 0. The van der Waals surface area contributed by atoms with E-state index in [1.807, 2.05) is 56.6 Å². The van der Waals surface area contributed by atoms with Crippen LogP contribution in [0.4, 0.5) is 0 Å². The van der Waals surface area contributed by atoms with Gasteiger partial charge < -0.3 is 14.4 Å². The molecule has 162 valence electrons. The Morgan fingerprint density at radius 1 is 0.806 bits per heavy atom. The Kier molecular flexibility index (Phi) is 6.20. The zero-order valence-corrected chi connectivity index (χ0v) is 19.5. The molecule has 1 saturated carbocycles. The van der Waals surface area contributed by atoms with Gasteiger partial charge in [0.1, 0.15) is 22.4 Å². The van der Waals surface area contributed by atoms with E-state index in [1.165, 1.54) is 0 Å². The van der Waals surface area contributed by atoms with Crippen LogP contribution in [0.2, 0.25) is 0 Å². The van der Waals surface area contributed by atoms with Crippen molar-refractivity contribution in [3.8, 4) is 11.5 Å². The van der Waals surface area contributed by atoms with Gasteiger partial charge in [-0.3, -0.25) is 0 Å². The van der Waals surface area contributed by atoms with Gasteiger partial charge in [0.05, 0.1) is 12.5 Å². The van der Waals surface area contributed by atoms with Gasteiger partial charge in [-0.2, -0.15) is 0 Å². The first kappa shape index (κ1) is 22.0. The molecule has 0 radical (unpaired) electrons. The SMILES string of the molecule is COc1ccc([C@]2(c3ccc(OCCN(C)C)cc3)[C@@H](c3ccccc3)C2(Cl)Cl)cc1. The summed E-state index contributed by atoms with van der Waals surface area (Å²) in [5, 5.41) is 0. The van der Waals surface area contributed by atoms with Gasteiger partial charge >= 0.3 is 0 Å². The van der Waals surface area contributed by atoms with Gasteiger partial charge in [-0.05, 0) is 55.1 Å². The topological polar surface area (TPSA) is 21.7 Å². The average Bonchev–Trinajstić information content (AvgIpc) is 3.31. The highest BCUT2D eigenvalue weighted by Crippen LogP contribution is 2.77. The highest BCUT2D eigenvalue weighted by molar-refractivity contribution is 6.53. The lowest BCUT2D eigenvalue weighted by Crippen LogP contribution is -2.19. The van der Waals surface area contributed by atoms with Crippen LogP contribution < -0.4 is 9.47 Å². The van der Waals surface area contributed by atoms with Gasteiger partial charge in [0, 0.05) is 12.5 Å². The minimum atomic E-state index is -0.976. The maximum absolute atomic E-state index is 7.06. The standard InChI is InChI=1S/C26H27Cl2NO2/c1-29(2)17-18-31-23-15-11-21(12-16-23)25(20-9-13-22(30-3)14-10-20)24(26(25,27)28)19-7-5-4-6-8-19/h4-16,24H,17-18H2,1-3H3/t24-,25+/m1/s1. The maximum atomic E-state index is 7.06. The number of rotatable bonds is 8. The average molecular weight is 456 g/mol. The Morgan fingerprint density at radius 3 is 1.87 bits per heavy atom. The number of likely N-dealkylation sites (N-methyl/N-ethyl adjacent to an activating group) is 1. The van der Waals surface area contributed by atoms with E-state index in [2.05, 4.69) is 41.3 Å². The molecule has 0 bridgehead atoms. The van der Waals surface area contributed by atoms with Crippen LogP contribution >= 0.6 is 23.2 Å². The zero-order chi connectivity index (χ0) is 22.1. The van der Waals surface area contributed by atoms with Crippen molar-refractivity contribution in [1.82, 2.24) is 4.90 Å². The molecule has 0 unspecified atom stereocenters. The number of halogens is 2. The molecule has 0 amide bonds. The summed E-state index contributed by atoms with van der Waals surface area (Å²) in [4.78, 5) is 2.09. The summed E-state index contributed by atoms with van der Waals surface area (Å²) in [5.41, 5.74) is 2.69. The van der Waals surface area contributed by atoms with E-state index < -0.39 is 9.75 Å². The van der Waals surface area contributed by atoms with E-state index in [9.17, 15) is 0 Å². The quantitative estimate of drug-likeness (QED) is 0.395. The van der Waals surface area contributed by atoms with Crippen molar-refractivity contribution in [2.75, 3.05) is 34.4 Å². The number of nitrogens with zero attached hydrogens (tertiary/aromatic N) is 1. The third kappa shape index (κ3) is 3.91. The molecule has 4 rings (SSSR count). The molecule has 1 fully saturated rings. The van der Waals surface area contributed by atoms with Crippen LogP contribution in [0.5, 0.6) is 11.5 Å². The van der Waals surface area contributed by atoms with Crippen molar-refractivity contribution in [3.05, 3.63) is 95.6 Å². The molecule has 2 atom stereocenters. The molecule has 1 aliphatic rings. The Balaban J connectivity index is 1.73. The van der Waals surface area contributed by atoms with Crippen molar-refractivity contribution in [1.29, 1.82) is 0 Å². The van der Waals surface area contributed by atoms with Gasteiger partial charge in [0.15, 0.2) is 0 Å². The second-order valence-corrected chi connectivity index (χ2v) is 9.57. The van der Waals surface area contributed by atoms with E-state index in [4.69, 9.17) is 32.7 Å². The molecular weight excluding hydrogens is 429 g/mol. The summed E-state index contributed by atoms with van der Waals surface area (Å²) >= 11 is 14.1. The Morgan fingerprint density at radius 2 is 1.35 bits per heavy atom. The summed E-state index contributed by atoms with van der Waals surface area (Å²) in [6, 6.07) is 26.4. The lowest BCUT2D eigenvalue weighted by Gasteiger charge is -2.21. The number of benzene rings is 3. The van der Waals surface area contributed by atoms with Gasteiger partial charge in [0.25, 0.3) is 0 Å². The van der Waals surface area contributed by atoms with Crippen LogP contribution in [0.25, 0.3) is 0 Å². The molecule has 5 heteroatoms. The maximum Gasteiger partial charge on any atom is 0.140 e. The van der Waals surface area contributed by atoms with Crippen molar-refractivity contribution in [3.63, 3.8) is 0 Å². The molecule has 31 heavy (non-hydrogen) atoms. The third-order valence-electron chi connectivity index (χ3n) is 6.03. The summed E-state index contributed by atoms with van der Waals surface area (Å²) in [7, 11) is 5.72. The number of hydrogen-bond donors (Lipinski definition) is 0. The number of methoxy groups -OCH3 is 1. The minimum Gasteiger partial charge on any atom is -0.497 e. The first-order valence-corrected chi connectivity index (χ1v) is 11.1. The van der Waals surface area contributed by atoms with E-state index in [-0.39, 0.29) is 5.92 Å². The predicted octanol–water partition coefficient (Wildman–Crippen LogP) is 5.89. The molecule has 0 saturated heterocycles. The molecule has 0 aromatic heterocycles. The Bertz CT molecular complexity index is 1000. The lowest BCUT2D eigenvalue weighted by molar-refractivity contribution is 0.261. The lowest BCUT2D eigenvalue weighted by atomic mass is 9.84. The van der Waals surface area contributed by atoms with Crippen LogP contribution in [0.15, 0.2) is 78.9 Å². The smallest absolute Gasteiger partial charge is 0.140 e. The first-order chi connectivity index (χ1) is 14.9. The Hall–Kier alpha value is -2.20. The normalized spacial score (nSPS) is 21.7. The molecule has 0 spiro atoms. The number of ether oxygens (including phenoxy) is 2. The van der Waals surface area contributed by atoms with Crippen molar-refractivity contribution >= 4 is 23.2 Å². The number of hydrogen-bond acceptors (Lipinski definition) is 3. The Labute approximate surface area is 194 Å². The zero-order valence-electron chi connectivity index (χ0n) is 18.0. The van der Waals surface area contributed by atoms with Crippen LogP contribution in [0.3, 0.4) is 0 Å². The second kappa shape index (κ2) is 8.74. The van der Waals surface area contributed by atoms with Crippen LogP contribution in [-0.4, -0.2) is 43.6 Å². The van der Waals surface area contributed by atoms with Crippen molar-refractivity contribution in [2.24, 2.45) is 0 Å². The van der Waals surface area contributed by atoms with Gasteiger partial charge in [-0.1, -0.05) is 77.8 Å². The first-order valence-electron chi connectivity index (χ1n) is 10.4. The van der Waals surface area contributed by atoms with E-state index in [1.54, 1.807) is 7.11 Å². The molecular formula is C26H27Cl2NO2. The summed E-state index contributed by atoms with van der Waals surface area (Å²) < 4.78 is 10.3. The van der Waals surface area contributed by atoms with Gasteiger partial charge in [-0.25, -0.2) is 0 Å². The van der Waals surface area contributed by atoms with E-state index in [0.29, 0.717) is 6.61 Å². The largest absolute Gasteiger partial charge is 0.497 e. The molecule has 3 aromatic carbocycles. The van der Waals surface area contributed by atoms with Crippen LogP contribution in [0.1, 0.15) is 22.6 Å². The highest BCUT2D eigenvalue weighted by atomic mass is 35.5. The molecule has 0 N–H and O–H groups in total. The molecule has 3 nitrogen and oxygen atoms in total. The van der Waals surface area contributed by atoms with Crippen molar-refractivity contribution < 1.29 is 9.47 Å². The van der Waals surface area contributed by atoms with Gasteiger partial charge in [0.2, 0.25) is 0 Å². The van der Waals surface area contributed by atoms with E-state index >= 15 is 0 Å². The van der Waals surface area contributed by atoms with Crippen molar-refractivity contribution in [2.45, 2.75) is 15.7 Å². The fourth-order valence-corrected chi connectivity index (χ4v) is 5.53. The monoisotopic (exact) mass is 455 g/mol. The molecule has 3 aromatic rings. The highest BCUT2D eigenvalue weighted by Gasteiger charge is 2.77. The minimum absolute atomic E-state index is 0.0709. The summed E-state index contributed by atoms with van der Waals surface area (Å²) in [5.74, 6) is 1.57. The van der Waals surface area contributed by atoms with E-state index in [0.717, 1.165) is 34.7 Å². The van der Waals surface area contributed by atoms with Crippen LogP contribution in [0, 0.1) is 0 Å².